The number of nitrogens with one attached hydrogen (secondary N) is 2. The molecule has 0 spiro atoms. The molecule has 2 aliphatic rings. The molecule has 2 aromatic rings. The summed E-state index contributed by atoms with van der Waals surface area (Å²) in [4.78, 5) is 41.5. The number of rotatable bonds is 8. The average Bonchev–Trinajstić information content (AvgIpc) is 2.95. The van der Waals surface area contributed by atoms with Gasteiger partial charge in [0.15, 0.2) is 0 Å². The van der Waals surface area contributed by atoms with Gasteiger partial charge in [0.2, 0.25) is 11.8 Å². The first-order valence-corrected chi connectivity index (χ1v) is 13.5. The Morgan fingerprint density at radius 2 is 1.56 bits per heavy atom. The van der Waals surface area contributed by atoms with E-state index in [1.165, 1.54) is 11.8 Å². The number of hydrogen-bond donors (Lipinski definition) is 2. The maximum Gasteiger partial charge on any atom is 0.416 e. The van der Waals surface area contributed by atoms with Crippen molar-refractivity contribution in [3.63, 3.8) is 0 Å². The van der Waals surface area contributed by atoms with E-state index in [1.54, 1.807) is 0 Å². The molecular formula is C29H35F3N4O3. The number of amides is 3. The Morgan fingerprint density at radius 3 is 2.23 bits per heavy atom. The van der Waals surface area contributed by atoms with Crippen LogP contribution in [0.3, 0.4) is 0 Å². The van der Waals surface area contributed by atoms with Crippen LogP contribution in [0.15, 0.2) is 54.6 Å². The molecule has 1 saturated heterocycles. The van der Waals surface area contributed by atoms with Gasteiger partial charge in [-0.1, -0.05) is 24.3 Å². The third kappa shape index (κ3) is 8.21. The van der Waals surface area contributed by atoms with Crippen molar-refractivity contribution in [2.45, 2.75) is 50.7 Å². The first kappa shape index (κ1) is 28.4. The van der Waals surface area contributed by atoms with Crippen LogP contribution in [0.1, 0.15) is 54.4 Å². The van der Waals surface area contributed by atoms with Gasteiger partial charge >= 0.3 is 6.18 Å². The van der Waals surface area contributed by atoms with Gasteiger partial charge in [-0.25, -0.2) is 0 Å². The van der Waals surface area contributed by atoms with E-state index in [1.807, 2.05) is 23.1 Å². The van der Waals surface area contributed by atoms with Gasteiger partial charge in [-0.2, -0.15) is 13.2 Å². The fraction of sp³-hybridized carbons (Fsp3) is 0.483. The molecule has 1 aliphatic carbocycles. The first-order chi connectivity index (χ1) is 18.7. The third-order valence-electron chi connectivity index (χ3n) is 7.59. The molecule has 0 bridgehead atoms. The number of nitrogens with zero attached hydrogens (tertiary/aromatic N) is 2. The van der Waals surface area contributed by atoms with Crippen molar-refractivity contribution < 1.29 is 27.6 Å². The van der Waals surface area contributed by atoms with Gasteiger partial charge in [0, 0.05) is 49.9 Å². The topological polar surface area (TPSA) is 81.8 Å². The summed E-state index contributed by atoms with van der Waals surface area (Å²) in [5.41, 5.74) is 0.126. The second-order valence-corrected chi connectivity index (χ2v) is 10.3. The SMILES string of the molecule is O=C(CNC(=O)c1cccc(C(F)(F)F)c1)NC1CCC(CCC(=O)N2CCN(c3ccccc3)CC2)CC1. The molecule has 10 heteroatoms. The lowest BCUT2D eigenvalue weighted by molar-refractivity contribution is -0.137. The molecule has 4 rings (SSSR count). The van der Waals surface area contributed by atoms with Gasteiger partial charge in [-0.05, 0) is 68.4 Å². The number of alkyl halides is 3. The molecule has 2 fully saturated rings. The van der Waals surface area contributed by atoms with Gasteiger partial charge in [0.1, 0.15) is 0 Å². The monoisotopic (exact) mass is 544 g/mol. The lowest BCUT2D eigenvalue weighted by Crippen LogP contribution is -2.48. The predicted molar refractivity (Wildman–Crippen MR) is 142 cm³/mol. The number of hydrogen-bond acceptors (Lipinski definition) is 4. The molecule has 0 aromatic heterocycles. The quantitative estimate of drug-likeness (QED) is 0.521. The van der Waals surface area contributed by atoms with Gasteiger partial charge in [0.05, 0.1) is 12.1 Å². The molecule has 210 valence electrons. The molecule has 1 aliphatic heterocycles. The van der Waals surface area contributed by atoms with E-state index in [9.17, 15) is 27.6 Å². The van der Waals surface area contributed by atoms with Crippen molar-refractivity contribution in [3.05, 3.63) is 65.7 Å². The molecule has 3 amide bonds. The van der Waals surface area contributed by atoms with Crippen molar-refractivity contribution in [1.29, 1.82) is 0 Å². The number of halogens is 3. The number of anilines is 1. The average molecular weight is 545 g/mol. The highest BCUT2D eigenvalue weighted by molar-refractivity contribution is 5.96. The summed E-state index contributed by atoms with van der Waals surface area (Å²) < 4.78 is 38.6. The van der Waals surface area contributed by atoms with Crippen LogP contribution in [0, 0.1) is 5.92 Å². The van der Waals surface area contributed by atoms with Crippen LogP contribution in [0.2, 0.25) is 0 Å². The summed E-state index contributed by atoms with van der Waals surface area (Å²) in [7, 11) is 0. The Labute approximate surface area is 226 Å². The zero-order chi connectivity index (χ0) is 27.8. The molecule has 0 unspecified atom stereocenters. The van der Waals surface area contributed by atoms with Crippen molar-refractivity contribution in [3.8, 4) is 0 Å². The van der Waals surface area contributed by atoms with Gasteiger partial charge < -0.3 is 20.4 Å². The molecular weight excluding hydrogens is 509 g/mol. The van der Waals surface area contributed by atoms with Crippen molar-refractivity contribution in [1.82, 2.24) is 15.5 Å². The maximum absolute atomic E-state index is 12.9. The highest BCUT2D eigenvalue weighted by Crippen LogP contribution is 2.30. The zero-order valence-corrected chi connectivity index (χ0v) is 21.9. The Kier molecular flexibility index (Phi) is 9.48. The summed E-state index contributed by atoms with van der Waals surface area (Å²) in [6.07, 6.45) is 0.245. The number of piperazine rings is 1. The van der Waals surface area contributed by atoms with Gasteiger partial charge in [0.25, 0.3) is 5.91 Å². The molecule has 0 radical (unpaired) electrons. The Hall–Kier alpha value is -3.56. The van der Waals surface area contributed by atoms with Crippen molar-refractivity contribution in [2.75, 3.05) is 37.6 Å². The van der Waals surface area contributed by atoms with Crippen LogP contribution < -0.4 is 15.5 Å². The van der Waals surface area contributed by atoms with E-state index in [4.69, 9.17) is 0 Å². The fourth-order valence-corrected chi connectivity index (χ4v) is 5.31. The minimum Gasteiger partial charge on any atom is -0.368 e. The number of carbonyl (C=O) groups is 3. The van der Waals surface area contributed by atoms with E-state index in [2.05, 4.69) is 27.7 Å². The number of benzene rings is 2. The van der Waals surface area contributed by atoms with E-state index in [0.717, 1.165) is 76.5 Å². The summed E-state index contributed by atoms with van der Waals surface area (Å²) in [5.74, 6) is -0.460. The van der Waals surface area contributed by atoms with E-state index in [-0.39, 0.29) is 30.0 Å². The number of carbonyl (C=O) groups excluding carboxylic acids is 3. The highest BCUT2D eigenvalue weighted by atomic mass is 19.4. The Balaban J connectivity index is 1.11. The highest BCUT2D eigenvalue weighted by Gasteiger charge is 2.31. The molecule has 2 N–H and O–H groups in total. The first-order valence-electron chi connectivity index (χ1n) is 13.5. The Morgan fingerprint density at radius 1 is 0.872 bits per heavy atom. The fourth-order valence-electron chi connectivity index (χ4n) is 5.31. The summed E-state index contributed by atoms with van der Waals surface area (Å²) >= 11 is 0. The predicted octanol–water partition coefficient (Wildman–Crippen LogP) is 4.24. The molecule has 39 heavy (non-hydrogen) atoms. The van der Waals surface area contributed by atoms with E-state index >= 15 is 0 Å². The molecule has 2 aromatic carbocycles. The second kappa shape index (κ2) is 13.0. The summed E-state index contributed by atoms with van der Waals surface area (Å²) in [5, 5.41) is 5.29. The minimum atomic E-state index is -4.54. The smallest absolute Gasteiger partial charge is 0.368 e. The van der Waals surface area contributed by atoms with E-state index < -0.39 is 17.6 Å². The second-order valence-electron chi connectivity index (χ2n) is 10.3. The molecule has 1 saturated carbocycles. The van der Waals surface area contributed by atoms with Crippen LogP contribution in [-0.4, -0.2) is 61.4 Å². The van der Waals surface area contributed by atoms with Crippen molar-refractivity contribution in [2.24, 2.45) is 5.92 Å². The van der Waals surface area contributed by atoms with Gasteiger partial charge in [-0.3, -0.25) is 14.4 Å². The van der Waals surface area contributed by atoms with Crippen LogP contribution >= 0.6 is 0 Å². The maximum atomic E-state index is 12.9. The summed E-state index contributed by atoms with van der Waals surface area (Å²) in [6, 6.07) is 14.3. The van der Waals surface area contributed by atoms with Crippen LogP contribution in [0.25, 0.3) is 0 Å². The zero-order valence-electron chi connectivity index (χ0n) is 21.9. The van der Waals surface area contributed by atoms with Crippen LogP contribution in [-0.2, 0) is 15.8 Å². The van der Waals surface area contributed by atoms with Gasteiger partial charge in [-0.15, -0.1) is 0 Å². The van der Waals surface area contributed by atoms with Crippen LogP contribution in [0.5, 0.6) is 0 Å². The normalized spacial score (nSPS) is 19.9. The standard InChI is InChI=1S/C29H35F3N4O3/c30-29(31,32)23-6-4-5-22(19-23)28(39)33-20-26(37)34-24-12-9-21(10-13-24)11-14-27(38)36-17-15-35(16-18-36)25-7-2-1-3-8-25/h1-8,19,21,24H,9-18,20H2,(H,33,39)(H,34,37). The van der Waals surface area contributed by atoms with Crippen LogP contribution in [0.4, 0.5) is 18.9 Å². The van der Waals surface area contributed by atoms with Crippen molar-refractivity contribution >= 4 is 23.4 Å². The number of para-hydroxylation sites is 1. The van der Waals surface area contributed by atoms with E-state index in [0.29, 0.717) is 12.3 Å². The minimum absolute atomic E-state index is 0.0130. The Bertz CT molecular complexity index is 1130. The lowest BCUT2D eigenvalue weighted by atomic mass is 9.83. The molecule has 7 nitrogen and oxygen atoms in total. The largest absolute Gasteiger partial charge is 0.416 e. The third-order valence-corrected chi connectivity index (χ3v) is 7.59. The lowest BCUT2D eigenvalue weighted by Gasteiger charge is -2.36. The molecule has 0 atom stereocenters. The summed E-state index contributed by atoms with van der Waals surface area (Å²) in [6.45, 7) is 2.83. The molecule has 1 heterocycles.